The van der Waals surface area contributed by atoms with E-state index in [0.717, 1.165) is 15.7 Å². The molecule has 0 amide bonds. The van der Waals surface area contributed by atoms with Crippen LogP contribution in [0, 0.1) is 0 Å². The summed E-state index contributed by atoms with van der Waals surface area (Å²) in [6.45, 7) is 0. The SMILES string of the molecule is Nc1nnn(C2CCC2)c1-c1ccccc1Br. The monoisotopic (exact) mass is 292 g/mol. The van der Waals surface area contributed by atoms with Crippen LogP contribution in [-0.4, -0.2) is 15.0 Å². The van der Waals surface area contributed by atoms with Crippen molar-refractivity contribution in [1.29, 1.82) is 0 Å². The van der Waals surface area contributed by atoms with E-state index in [4.69, 9.17) is 5.73 Å². The molecule has 17 heavy (non-hydrogen) atoms. The van der Waals surface area contributed by atoms with Gasteiger partial charge in [0.25, 0.3) is 0 Å². The molecule has 2 N–H and O–H groups in total. The van der Waals surface area contributed by atoms with Gasteiger partial charge in [0.2, 0.25) is 0 Å². The van der Waals surface area contributed by atoms with Crippen LogP contribution in [0.5, 0.6) is 0 Å². The van der Waals surface area contributed by atoms with E-state index in [1.54, 1.807) is 0 Å². The van der Waals surface area contributed by atoms with E-state index in [1.165, 1.54) is 19.3 Å². The lowest BCUT2D eigenvalue weighted by Gasteiger charge is -2.26. The van der Waals surface area contributed by atoms with Gasteiger partial charge in [-0.3, -0.25) is 0 Å². The van der Waals surface area contributed by atoms with Gasteiger partial charge in [0.1, 0.15) is 5.69 Å². The van der Waals surface area contributed by atoms with Gasteiger partial charge >= 0.3 is 0 Å². The molecule has 1 aromatic heterocycles. The number of benzene rings is 1. The van der Waals surface area contributed by atoms with Crippen molar-refractivity contribution in [2.24, 2.45) is 0 Å². The first kappa shape index (κ1) is 10.8. The fraction of sp³-hybridized carbons (Fsp3) is 0.333. The van der Waals surface area contributed by atoms with E-state index in [2.05, 4.69) is 26.2 Å². The minimum Gasteiger partial charge on any atom is -0.380 e. The number of hydrogen-bond donors (Lipinski definition) is 1. The topological polar surface area (TPSA) is 56.7 Å². The van der Waals surface area contributed by atoms with Crippen LogP contribution < -0.4 is 5.73 Å². The summed E-state index contributed by atoms with van der Waals surface area (Å²) in [5, 5.41) is 8.18. The van der Waals surface area contributed by atoms with Crippen molar-refractivity contribution < 1.29 is 0 Å². The van der Waals surface area contributed by atoms with Crippen molar-refractivity contribution in [3.05, 3.63) is 28.7 Å². The zero-order valence-electron chi connectivity index (χ0n) is 9.31. The van der Waals surface area contributed by atoms with Crippen LogP contribution >= 0.6 is 15.9 Å². The second kappa shape index (κ2) is 4.14. The van der Waals surface area contributed by atoms with Crippen molar-refractivity contribution in [3.63, 3.8) is 0 Å². The van der Waals surface area contributed by atoms with Gasteiger partial charge in [0.15, 0.2) is 5.82 Å². The molecule has 0 radical (unpaired) electrons. The number of hydrogen-bond acceptors (Lipinski definition) is 3. The minimum absolute atomic E-state index is 0.460. The third-order valence-electron chi connectivity index (χ3n) is 3.27. The fourth-order valence-corrected chi connectivity index (χ4v) is 2.58. The van der Waals surface area contributed by atoms with Crippen LogP contribution in [0.25, 0.3) is 11.3 Å². The summed E-state index contributed by atoms with van der Waals surface area (Å²) in [6, 6.07) is 8.49. The maximum Gasteiger partial charge on any atom is 0.174 e. The molecule has 88 valence electrons. The molecule has 0 spiro atoms. The number of nitrogen functional groups attached to an aromatic ring is 1. The van der Waals surface area contributed by atoms with Gasteiger partial charge in [0.05, 0.1) is 6.04 Å². The quantitative estimate of drug-likeness (QED) is 0.926. The number of halogens is 1. The summed E-state index contributed by atoms with van der Waals surface area (Å²) in [5.74, 6) is 0.504. The summed E-state index contributed by atoms with van der Waals surface area (Å²) in [5.41, 5.74) is 7.93. The Balaban J connectivity index is 2.13. The van der Waals surface area contributed by atoms with Gasteiger partial charge in [-0.1, -0.05) is 39.3 Å². The Hall–Kier alpha value is -1.36. The first-order valence-corrected chi connectivity index (χ1v) is 6.52. The second-order valence-electron chi connectivity index (χ2n) is 4.33. The van der Waals surface area contributed by atoms with E-state index in [9.17, 15) is 0 Å². The lowest BCUT2D eigenvalue weighted by atomic mass is 9.93. The molecule has 1 aliphatic rings. The maximum atomic E-state index is 5.94. The number of anilines is 1. The molecule has 1 fully saturated rings. The summed E-state index contributed by atoms with van der Waals surface area (Å²) < 4.78 is 2.99. The molecule has 2 aromatic rings. The van der Waals surface area contributed by atoms with Crippen LogP contribution in [0.15, 0.2) is 28.7 Å². The summed E-state index contributed by atoms with van der Waals surface area (Å²) in [4.78, 5) is 0. The average Bonchev–Trinajstić information content (AvgIpc) is 2.59. The zero-order chi connectivity index (χ0) is 11.8. The number of aromatic nitrogens is 3. The first-order chi connectivity index (χ1) is 8.27. The van der Waals surface area contributed by atoms with E-state index in [1.807, 2.05) is 28.9 Å². The Bertz CT molecular complexity index is 545. The highest BCUT2D eigenvalue weighted by Crippen LogP contribution is 2.38. The van der Waals surface area contributed by atoms with Gasteiger partial charge in [-0.05, 0) is 25.3 Å². The van der Waals surface area contributed by atoms with E-state index >= 15 is 0 Å². The van der Waals surface area contributed by atoms with Gasteiger partial charge in [-0.2, -0.15) is 0 Å². The smallest absolute Gasteiger partial charge is 0.174 e. The molecule has 0 unspecified atom stereocenters. The van der Waals surface area contributed by atoms with Gasteiger partial charge in [0, 0.05) is 10.0 Å². The summed E-state index contributed by atoms with van der Waals surface area (Å²) in [7, 11) is 0. The third-order valence-corrected chi connectivity index (χ3v) is 3.96. The second-order valence-corrected chi connectivity index (χ2v) is 5.19. The molecule has 0 saturated heterocycles. The molecule has 5 heteroatoms. The molecule has 4 nitrogen and oxygen atoms in total. The molecule has 0 atom stereocenters. The standard InChI is InChI=1S/C12H13BrN4/c13-10-7-2-1-6-9(10)11-12(14)15-16-17(11)8-4-3-5-8/h1-2,6-8H,3-5,14H2. The van der Waals surface area contributed by atoms with Crippen LogP contribution in [0.2, 0.25) is 0 Å². The normalized spacial score (nSPS) is 15.8. The Morgan fingerprint density at radius 1 is 1.29 bits per heavy atom. The predicted octanol–water partition coefficient (Wildman–Crippen LogP) is 3.01. The Morgan fingerprint density at radius 2 is 2.06 bits per heavy atom. The lowest BCUT2D eigenvalue weighted by Crippen LogP contribution is -2.19. The average molecular weight is 293 g/mol. The fourth-order valence-electron chi connectivity index (χ4n) is 2.11. The Labute approximate surface area is 108 Å². The maximum absolute atomic E-state index is 5.94. The van der Waals surface area contributed by atoms with Gasteiger partial charge in [-0.25, -0.2) is 4.68 Å². The molecule has 0 bridgehead atoms. The van der Waals surface area contributed by atoms with Crippen LogP contribution in [0.3, 0.4) is 0 Å². The minimum atomic E-state index is 0.460. The van der Waals surface area contributed by atoms with Crippen molar-refractivity contribution >= 4 is 21.7 Å². The highest BCUT2D eigenvalue weighted by atomic mass is 79.9. The Morgan fingerprint density at radius 3 is 2.71 bits per heavy atom. The van der Waals surface area contributed by atoms with Crippen LogP contribution in [-0.2, 0) is 0 Å². The number of nitrogens with zero attached hydrogens (tertiary/aromatic N) is 3. The molecule has 0 aliphatic heterocycles. The van der Waals surface area contributed by atoms with Gasteiger partial charge in [-0.15, -0.1) is 5.10 Å². The summed E-state index contributed by atoms with van der Waals surface area (Å²) in [6.07, 6.45) is 3.60. The molecular weight excluding hydrogens is 280 g/mol. The van der Waals surface area contributed by atoms with Crippen LogP contribution in [0.4, 0.5) is 5.82 Å². The third kappa shape index (κ3) is 1.74. The molecule has 1 aromatic carbocycles. The summed E-state index contributed by atoms with van der Waals surface area (Å²) >= 11 is 3.55. The highest BCUT2D eigenvalue weighted by Gasteiger charge is 2.25. The van der Waals surface area contributed by atoms with Crippen molar-refractivity contribution in [1.82, 2.24) is 15.0 Å². The predicted molar refractivity (Wildman–Crippen MR) is 70.5 cm³/mol. The van der Waals surface area contributed by atoms with E-state index in [0.29, 0.717) is 11.9 Å². The Kier molecular flexibility index (Phi) is 2.63. The van der Waals surface area contributed by atoms with E-state index < -0.39 is 0 Å². The van der Waals surface area contributed by atoms with Crippen molar-refractivity contribution in [3.8, 4) is 11.3 Å². The molecule has 1 heterocycles. The molecule has 1 saturated carbocycles. The molecule has 3 rings (SSSR count). The lowest BCUT2D eigenvalue weighted by molar-refractivity contribution is 0.287. The van der Waals surface area contributed by atoms with Crippen molar-refractivity contribution in [2.45, 2.75) is 25.3 Å². The largest absolute Gasteiger partial charge is 0.380 e. The number of rotatable bonds is 2. The highest BCUT2D eigenvalue weighted by molar-refractivity contribution is 9.10. The van der Waals surface area contributed by atoms with Crippen molar-refractivity contribution in [2.75, 3.05) is 5.73 Å². The van der Waals surface area contributed by atoms with Crippen LogP contribution in [0.1, 0.15) is 25.3 Å². The molecular formula is C12H13BrN4. The first-order valence-electron chi connectivity index (χ1n) is 5.73. The van der Waals surface area contributed by atoms with E-state index in [-0.39, 0.29) is 0 Å². The zero-order valence-corrected chi connectivity index (χ0v) is 10.9. The number of nitrogens with two attached hydrogens (primary N) is 1. The molecule has 1 aliphatic carbocycles. The van der Waals surface area contributed by atoms with Gasteiger partial charge < -0.3 is 5.73 Å².